The number of aliphatic hydroxyl groups excluding tert-OH is 2. The zero-order chi connectivity index (χ0) is 24.5. The van der Waals surface area contributed by atoms with Crippen LogP contribution < -0.4 is 0 Å². The van der Waals surface area contributed by atoms with E-state index in [1.54, 1.807) is 0 Å². The maximum Gasteiger partial charge on any atom is 0.0811 e. The SMILES string of the molecule is C=C1/C(=C\C=C2/CCC[C@]3(C)[C@@H]([C@H](C)/C=C/S(=C)(=O)c4ccccc4)CC[C@@H]23)C[C@@H](O)C[C@@H]1O. The number of hydrogen-bond acceptors (Lipinski definition) is 3. The van der Waals surface area contributed by atoms with Gasteiger partial charge in [0, 0.05) is 20.8 Å². The summed E-state index contributed by atoms with van der Waals surface area (Å²) in [7, 11) is -2.43. The number of fused-ring (bicyclic) bond motifs is 1. The van der Waals surface area contributed by atoms with Gasteiger partial charge in [0.2, 0.25) is 0 Å². The van der Waals surface area contributed by atoms with Gasteiger partial charge in [0.1, 0.15) is 0 Å². The first-order chi connectivity index (χ1) is 16.1. The lowest BCUT2D eigenvalue weighted by Gasteiger charge is -2.44. The first-order valence-corrected chi connectivity index (χ1v) is 14.5. The third kappa shape index (κ3) is 5.05. The van der Waals surface area contributed by atoms with Gasteiger partial charge in [-0.2, -0.15) is 0 Å². The fourth-order valence-electron chi connectivity index (χ4n) is 6.72. The molecule has 7 atom stereocenters. The lowest BCUT2D eigenvalue weighted by atomic mass is 9.61. The lowest BCUT2D eigenvalue weighted by Crippen LogP contribution is -2.35. The third-order valence-electron chi connectivity index (χ3n) is 8.68. The average Bonchev–Trinajstić information content (AvgIpc) is 3.17. The van der Waals surface area contributed by atoms with E-state index in [0.717, 1.165) is 22.5 Å². The average molecular weight is 481 g/mol. The molecule has 0 bridgehead atoms. The van der Waals surface area contributed by atoms with Gasteiger partial charge in [-0.25, -0.2) is 0 Å². The van der Waals surface area contributed by atoms with E-state index in [9.17, 15) is 14.4 Å². The van der Waals surface area contributed by atoms with Crippen LogP contribution in [0, 0.1) is 23.2 Å². The highest BCUT2D eigenvalue weighted by Crippen LogP contribution is 2.59. The number of benzene rings is 1. The summed E-state index contributed by atoms with van der Waals surface area (Å²) in [6, 6.07) is 9.54. The summed E-state index contributed by atoms with van der Waals surface area (Å²) in [4.78, 5) is 0.782. The van der Waals surface area contributed by atoms with Crippen molar-refractivity contribution < 1.29 is 14.4 Å². The van der Waals surface area contributed by atoms with E-state index in [1.807, 2.05) is 35.7 Å². The Morgan fingerprint density at radius 3 is 2.65 bits per heavy atom. The molecule has 3 aliphatic rings. The second kappa shape index (κ2) is 10.0. The van der Waals surface area contributed by atoms with Gasteiger partial charge in [0.15, 0.2) is 0 Å². The fraction of sp³-hybridized carbons (Fsp3) is 0.500. The van der Waals surface area contributed by atoms with Crippen LogP contribution in [0.25, 0.3) is 0 Å². The minimum atomic E-state index is -2.43. The second-order valence-corrected chi connectivity index (χ2v) is 13.1. The Morgan fingerprint density at radius 2 is 1.91 bits per heavy atom. The Labute approximate surface area is 206 Å². The number of allylic oxidation sites excluding steroid dienone is 4. The van der Waals surface area contributed by atoms with E-state index < -0.39 is 21.7 Å². The molecule has 3 nitrogen and oxygen atoms in total. The molecule has 184 valence electrons. The van der Waals surface area contributed by atoms with Gasteiger partial charge in [0.05, 0.1) is 12.2 Å². The quantitative estimate of drug-likeness (QED) is 0.504. The highest BCUT2D eigenvalue weighted by atomic mass is 32.2. The van der Waals surface area contributed by atoms with Crippen molar-refractivity contribution in [1.29, 1.82) is 0 Å². The van der Waals surface area contributed by atoms with Gasteiger partial charge in [-0.15, -0.1) is 0 Å². The maximum atomic E-state index is 13.2. The van der Waals surface area contributed by atoms with Crippen molar-refractivity contribution in [1.82, 2.24) is 0 Å². The van der Waals surface area contributed by atoms with Crippen LogP contribution >= 0.6 is 0 Å². The van der Waals surface area contributed by atoms with Crippen LogP contribution in [0.2, 0.25) is 0 Å². The zero-order valence-corrected chi connectivity index (χ0v) is 21.5. The molecule has 4 rings (SSSR count). The largest absolute Gasteiger partial charge is 0.393 e. The Hall–Kier alpha value is -1.88. The Kier molecular flexibility index (Phi) is 7.42. The predicted octanol–water partition coefficient (Wildman–Crippen LogP) is 6.05. The molecule has 3 aliphatic carbocycles. The molecule has 0 aromatic heterocycles. The molecular weight excluding hydrogens is 440 g/mol. The van der Waals surface area contributed by atoms with Crippen LogP contribution in [0.5, 0.6) is 0 Å². The highest BCUT2D eigenvalue weighted by molar-refractivity contribution is 8.03. The molecule has 0 saturated heterocycles. The van der Waals surface area contributed by atoms with E-state index >= 15 is 0 Å². The molecule has 0 radical (unpaired) electrons. The van der Waals surface area contributed by atoms with Crippen LogP contribution in [0.3, 0.4) is 0 Å². The summed E-state index contributed by atoms with van der Waals surface area (Å²) in [5.74, 6) is 5.44. The fourth-order valence-corrected chi connectivity index (χ4v) is 8.00. The van der Waals surface area contributed by atoms with Gasteiger partial charge >= 0.3 is 0 Å². The summed E-state index contributed by atoms with van der Waals surface area (Å²) >= 11 is 0. The molecule has 0 spiro atoms. The lowest BCUT2D eigenvalue weighted by molar-refractivity contribution is 0.0862. The first-order valence-electron chi connectivity index (χ1n) is 12.7. The third-order valence-corrected chi connectivity index (χ3v) is 10.3. The first kappa shape index (κ1) is 25.2. The molecule has 0 aliphatic heterocycles. The maximum absolute atomic E-state index is 13.2. The summed E-state index contributed by atoms with van der Waals surface area (Å²) in [5.41, 5.74) is 3.44. The Balaban J connectivity index is 1.51. The molecule has 0 heterocycles. The van der Waals surface area contributed by atoms with Crippen LogP contribution in [0.4, 0.5) is 0 Å². The summed E-state index contributed by atoms with van der Waals surface area (Å²) in [6.07, 6.45) is 12.2. The van der Waals surface area contributed by atoms with E-state index in [1.165, 1.54) is 31.3 Å². The van der Waals surface area contributed by atoms with Gasteiger partial charge in [-0.3, -0.25) is 4.21 Å². The van der Waals surface area contributed by atoms with Crippen molar-refractivity contribution in [2.75, 3.05) is 0 Å². The molecule has 1 aromatic rings. The van der Waals surface area contributed by atoms with E-state index in [2.05, 4.69) is 44.5 Å². The Bertz CT molecular complexity index is 1100. The molecule has 34 heavy (non-hydrogen) atoms. The molecule has 2 N–H and O–H groups in total. The van der Waals surface area contributed by atoms with Gasteiger partial charge in [-0.05, 0) is 96.3 Å². The number of rotatable bonds is 5. The summed E-state index contributed by atoms with van der Waals surface area (Å²) < 4.78 is 13.2. The molecule has 3 fully saturated rings. The van der Waals surface area contributed by atoms with Gasteiger partial charge in [-0.1, -0.05) is 62.4 Å². The van der Waals surface area contributed by atoms with Crippen molar-refractivity contribution in [3.8, 4) is 0 Å². The van der Waals surface area contributed by atoms with Crippen LogP contribution in [-0.4, -0.2) is 32.5 Å². The van der Waals surface area contributed by atoms with Crippen molar-refractivity contribution in [3.63, 3.8) is 0 Å². The number of aliphatic hydroxyl groups is 2. The number of hydrogen-bond donors (Lipinski definition) is 2. The van der Waals surface area contributed by atoms with Crippen molar-refractivity contribution in [2.45, 2.75) is 75.9 Å². The van der Waals surface area contributed by atoms with Gasteiger partial charge < -0.3 is 10.2 Å². The minimum absolute atomic E-state index is 0.226. The molecule has 4 heteroatoms. The zero-order valence-electron chi connectivity index (χ0n) is 20.7. The predicted molar refractivity (Wildman–Crippen MR) is 143 cm³/mol. The highest BCUT2D eigenvalue weighted by Gasteiger charge is 2.50. The monoisotopic (exact) mass is 480 g/mol. The summed E-state index contributed by atoms with van der Waals surface area (Å²) in [5, 5.41) is 22.1. The molecule has 0 amide bonds. The van der Waals surface area contributed by atoms with E-state index in [-0.39, 0.29) is 5.41 Å². The van der Waals surface area contributed by atoms with Crippen LogP contribution in [-0.2, 0) is 9.52 Å². The van der Waals surface area contributed by atoms with E-state index in [0.29, 0.717) is 30.6 Å². The molecule has 1 unspecified atom stereocenters. The topological polar surface area (TPSA) is 57.5 Å². The Morgan fingerprint density at radius 1 is 1.18 bits per heavy atom. The molecular formula is C30H40O3S. The van der Waals surface area contributed by atoms with Crippen molar-refractivity contribution in [3.05, 3.63) is 77.3 Å². The van der Waals surface area contributed by atoms with Crippen molar-refractivity contribution in [2.24, 2.45) is 23.2 Å². The standard InChI is InChI=1S/C30H40O3S/c1-21(16-18-34(4,33)26-10-6-5-7-11-26)27-14-15-28-23(9-8-17-30(27,28)3)12-13-24-19-25(31)20-29(32)22(24)2/h5-7,10-13,16,18,21,25,27-29,31-32H,2,4,8-9,14-15,17,19-20H2,1,3H3/b18-16+,23-12+,24-13-/t21-,25-,27-,28+,29+,30-,34?/m1/s1. The van der Waals surface area contributed by atoms with Crippen LogP contribution in [0.15, 0.2) is 82.2 Å². The smallest absolute Gasteiger partial charge is 0.0811 e. The van der Waals surface area contributed by atoms with Crippen molar-refractivity contribution >= 4 is 15.4 Å². The summed E-state index contributed by atoms with van der Waals surface area (Å²) in [6.45, 7) is 8.78. The van der Waals surface area contributed by atoms with Crippen LogP contribution in [0.1, 0.15) is 58.8 Å². The van der Waals surface area contributed by atoms with E-state index in [4.69, 9.17) is 0 Å². The molecule has 3 saturated carbocycles. The van der Waals surface area contributed by atoms with Gasteiger partial charge in [0.25, 0.3) is 0 Å². The normalized spacial score (nSPS) is 37.1. The molecule has 1 aromatic carbocycles. The minimum Gasteiger partial charge on any atom is -0.393 e. The second-order valence-electron chi connectivity index (χ2n) is 10.9.